The van der Waals surface area contributed by atoms with Crippen molar-refractivity contribution < 1.29 is 13.5 Å². The summed E-state index contributed by atoms with van der Waals surface area (Å²) >= 11 is 0. The molecule has 1 aromatic rings. The molecular weight excluding hydrogens is 286 g/mol. The van der Waals surface area contributed by atoms with Gasteiger partial charge in [-0.25, -0.2) is 8.42 Å². The Labute approximate surface area is 126 Å². The lowest BCUT2D eigenvalue weighted by Gasteiger charge is -2.14. The number of aliphatic hydroxyl groups is 1. The Bertz CT molecular complexity index is 650. The molecule has 0 aliphatic heterocycles. The van der Waals surface area contributed by atoms with Crippen LogP contribution in [0.3, 0.4) is 0 Å². The third kappa shape index (κ3) is 4.48. The van der Waals surface area contributed by atoms with Crippen molar-refractivity contribution in [3.05, 3.63) is 29.3 Å². The predicted molar refractivity (Wildman–Crippen MR) is 84.6 cm³/mol. The van der Waals surface area contributed by atoms with Gasteiger partial charge in [0, 0.05) is 17.7 Å². The van der Waals surface area contributed by atoms with E-state index < -0.39 is 10.0 Å². The highest BCUT2D eigenvalue weighted by Gasteiger charge is 2.28. The van der Waals surface area contributed by atoms with E-state index in [9.17, 15) is 8.42 Å². The zero-order valence-electron chi connectivity index (χ0n) is 12.2. The second kappa shape index (κ2) is 6.97. The van der Waals surface area contributed by atoms with Gasteiger partial charge in [0.15, 0.2) is 0 Å². The fraction of sp³-hybridized carbons (Fsp3) is 0.500. The molecule has 1 saturated carbocycles. The molecule has 1 aliphatic carbocycles. The van der Waals surface area contributed by atoms with Crippen LogP contribution in [0.1, 0.15) is 43.2 Å². The van der Waals surface area contributed by atoms with E-state index in [1.54, 1.807) is 6.07 Å². The van der Waals surface area contributed by atoms with Crippen LogP contribution in [0.2, 0.25) is 0 Å². The van der Waals surface area contributed by atoms with Crippen LogP contribution in [0.25, 0.3) is 0 Å². The topological polar surface area (TPSA) is 66.4 Å². The summed E-state index contributed by atoms with van der Waals surface area (Å²) in [6.07, 6.45) is 3.86. The summed E-state index contributed by atoms with van der Waals surface area (Å²) in [5.41, 5.74) is 2.28. The maximum Gasteiger partial charge on any atom is 0.235 e. The molecule has 0 unspecified atom stereocenters. The number of anilines is 1. The normalized spacial score (nSPS) is 15.5. The first kappa shape index (κ1) is 15.9. The van der Waals surface area contributed by atoms with Crippen molar-refractivity contribution in [3.8, 4) is 11.8 Å². The number of benzene rings is 1. The zero-order valence-corrected chi connectivity index (χ0v) is 13.0. The first-order valence-electron chi connectivity index (χ1n) is 7.24. The van der Waals surface area contributed by atoms with E-state index in [1.165, 1.54) is 0 Å². The Kier molecular flexibility index (Phi) is 5.27. The maximum absolute atomic E-state index is 12.3. The maximum atomic E-state index is 12.3. The molecule has 2 N–H and O–H groups in total. The van der Waals surface area contributed by atoms with Gasteiger partial charge in [0.05, 0.1) is 11.9 Å². The van der Waals surface area contributed by atoms with Gasteiger partial charge in [0.25, 0.3) is 0 Å². The largest absolute Gasteiger partial charge is 0.395 e. The van der Waals surface area contributed by atoms with Gasteiger partial charge in [-0.15, -0.1) is 0 Å². The number of hydrogen-bond donors (Lipinski definition) is 2. The second-order valence-corrected chi connectivity index (χ2v) is 7.38. The highest BCUT2D eigenvalue weighted by Crippen LogP contribution is 2.26. The van der Waals surface area contributed by atoms with E-state index in [0.29, 0.717) is 12.1 Å². The second-order valence-electron chi connectivity index (χ2n) is 5.42. The van der Waals surface area contributed by atoms with Crippen LogP contribution in [-0.4, -0.2) is 25.4 Å². The SMILES string of the molecule is Cc1cc(C#CCCO)cc(NS(=O)(=O)C2CCCC2)c1. The Balaban J connectivity index is 2.18. The minimum atomic E-state index is -3.31. The minimum Gasteiger partial charge on any atom is -0.395 e. The molecule has 1 fully saturated rings. The Morgan fingerprint density at radius 1 is 1.29 bits per heavy atom. The fourth-order valence-corrected chi connectivity index (χ4v) is 4.15. The van der Waals surface area contributed by atoms with E-state index in [0.717, 1.165) is 36.8 Å². The van der Waals surface area contributed by atoms with Gasteiger partial charge >= 0.3 is 0 Å². The summed E-state index contributed by atoms with van der Waals surface area (Å²) in [6, 6.07) is 5.45. The van der Waals surface area contributed by atoms with Crippen LogP contribution in [0.4, 0.5) is 5.69 Å². The third-order valence-electron chi connectivity index (χ3n) is 3.55. The van der Waals surface area contributed by atoms with Gasteiger partial charge in [-0.2, -0.15) is 0 Å². The monoisotopic (exact) mass is 307 g/mol. The van der Waals surface area contributed by atoms with Crippen LogP contribution in [0.15, 0.2) is 18.2 Å². The van der Waals surface area contributed by atoms with Crippen LogP contribution in [-0.2, 0) is 10.0 Å². The molecule has 0 aromatic heterocycles. The van der Waals surface area contributed by atoms with Crippen molar-refractivity contribution in [2.24, 2.45) is 0 Å². The number of aliphatic hydroxyl groups excluding tert-OH is 1. The van der Waals surface area contributed by atoms with Crippen molar-refractivity contribution in [2.45, 2.75) is 44.3 Å². The molecule has 0 atom stereocenters. The first-order valence-corrected chi connectivity index (χ1v) is 8.79. The van der Waals surface area contributed by atoms with Crippen molar-refractivity contribution in [3.63, 3.8) is 0 Å². The van der Waals surface area contributed by atoms with Crippen molar-refractivity contribution in [1.29, 1.82) is 0 Å². The lowest BCUT2D eigenvalue weighted by atomic mass is 10.1. The molecule has 0 saturated heterocycles. The number of rotatable bonds is 4. The molecule has 1 aromatic carbocycles. The summed E-state index contributed by atoms with van der Waals surface area (Å²) in [6.45, 7) is 1.94. The first-order chi connectivity index (χ1) is 10.0. The summed E-state index contributed by atoms with van der Waals surface area (Å²) < 4.78 is 27.3. The van der Waals surface area contributed by atoms with E-state index in [4.69, 9.17) is 5.11 Å². The van der Waals surface area contributed by atoms with Gasteiger partial charge in [-0.05, 0) is 43.5 Å². The lowest BCUT2D eigenvalue weighted by molar-refractivity contribution is 0.305. The van der Waals surface area contributed by atoms with Crippen molar-refractivity contribution in [1.82, 2.24) is 0 Å². The summed E-state index contributed by atoms with van der Waals surface area (Å²) in [7, 11) is -3.31. The van der Waals surface area contributed by atoms with Gasteiger partial charge < -0.3 is 5.11 Å². The smallest absolute Gasteiger partial charge is 0.235 e. The van der Waals surface area contributed by atoms with Crippen LogP contribution < -0.4 is 4.72 Å². The molecule has 1 aliphatic rings. The minimum absolute atomic E-state index is 0.0278. The Morgan fingerprint density at radius 3 is 2.67 bits per heavy atom. The molecule has 114 valence electrons. The van der Waals surface area contributed by atoms with Gasteiger partial charge in [-0.3, -0.25) is 4.72 Å². The molecule has 21 heavy (non-hydrogen) atoms. The molecule has 0 radical (unpaired) electrons. The lowest BCUT2D eigenvalue weighted by Crippen LogP contribution is -2.25. The van der Waals surface area contributed by atoms with Crippen LogP contribution in [0, 0.1) is 18.8 Å². The third-order valence-corrected chi connectivity index (χ3v) is 5.42. The molecular formula is C16H21NO3S. The highest BCUT2D eigenvalue weighted by atomic mass is 32.2. The van der Waals surface area contributed by atoms with E-state index in [2.05, 4.69) is 16.6 Å². The molecule has 2 rings (SSSR count). The predicted octanol–water partition coefficient (Wildman–Crippen LogP) is 2.41. The molecule has 4 nitrogen and oxygen atoms in total. The zero-order chi connectivity index (χ0) is 15.3. The molecule has 0 heterocycles. The van der Waals surface area contributed by atoms with Crippen molar-refractivity contribution >= 4 is 15.7 Å². The number of hydrogen-bond acceptors (Lipinski definition) is 3. The molecule has 0 spiro atoms. The average Bonchev–Trinajstić information content (AvgIpc) is 2.92. The van der Waals surface area contributed by atoms with Crippen molar-refractivity contribution in [2.75, 3.05) is 11.3 Å². The quantitative estimate of drug-likeness (QED) is 0.840. The summed E-state index contributed by atoms with van der Waals surface area (Å²) in [5, 5.41) is 8.46. The van der Waals surface area contributed by atoms with E-state index in [1.807, 2.05) is 19.1 Å². The Hall–Kier alpha value is -1.51. The fourth-order valence-electron chi connectivity index (χ4n) is 2.58. The Morgan fingerprint density at radius 2 is 2.00 bits per heavy atom. The standard InChI is InChI=1S/C16H21NO3S/c1-13-10-14(6-4-5-9-18)12-15(11-13)17-21(19,20)16-7-2-3-8-16/h10-12,16-18H,2-3,5,7-9H2,1H3. The molecule has 5 heteroatoms. The molecule has 0 bridgehead atoms. The average molecular weight is 307 g/mol. The number of nitrogens with one attached hydrogen (secondary N) is 1. The van der Waals surface area contributed by atoms with Gasteiger partial charge in [0.2, 0.25) is 10.0 Å². The van der Waals surface area contributed by atoms with Crippen LogP contribution >= 0.6 is 0 Å². The summed E-state index contributed by atoms with van der Waals surface area (Å²) in [5.74, 6) is 5.78. The van der Waals surface area contributed by atoms with Gasteiger partial charge in [0.1, 0.15) is 0 Å². The highest BCUT2D eigenvalue weighted by molar-refractivity contribution is 7.93. The summed E-state index contributed by atoms with van der Waals surface area (Å²) in [4.78, 5) is 0. The molecule has 0 amide bonds. The number of sulfonamides is 1. The van der Waals surface area contributed by atoms with E-state index in [-0.39, 0.29) is 11.9 Å². The number of aryl methyl sites for hydroxylation is 1. The van der Waals surface area contributed by atoms with Gasteiger partial charge in [-0.1, -0.05) is 24.7 Å². The van der Waals surface area contributed by atoms with E-state index >= 15 is 0 Å². The van der Waals surface area contributed by atoms with Crippen LogP contribution in [0.5, 0.6) is 0 Å².